The van der Waals surface area contributed by atoms with Gasteiger partial charge in [0.05, 0.1) is 11.9 Å². The van der Waals surface area contributed by atoms with Gasteiger partial charge in [-0.2, -0.15) is 5.10 Å². The second-order valence-corrected chi connectivity index (χ2v) is 5.83. The molecule has 1 saturated carbocycles. The topological polar surface area (TPSA) is 66.8 Å². The fourth-order valence-electron chi connectivity index (χ4n) is 2.63. The number of hydrogen-bond donors (Lipinski definition) is 1. The molecule has 2 aromatic rings. The van der Waals surface area contributed by atoms with Gasteiger partial charge in [-0.1, -0.05) is 0 Å². The molecule has 1 aliphatic heterocycles. The van der Waals surface area contributed by atoms with E-state index in [9.17, 15) is 0 Å². The Morgan fingerprint density at radius 1 is 1.14 bits per heavy atom. The smallest absolute Gasteiger partial charge is 0.151 e. The van der Waals surface area contributed by atoms with Gasteiger partial charge >= 0.3 is 0 Å². The molecule has 0 aromatic carbocycles. The van der Waals surface area contributed by atoms with Gasteiger partial charge in [-0.3, -0.25) is 4.98 Å². The molecule has 21 heavy (non-hydrogen) atoms. The molecule has 0 unspecified atom stereocenters. The van der Waals surface area contributed by atoms with E-state index < -0.39 is 0 Å². The van der Waals surface area contributed by atoms with E-state index in [0.717, 1.165) is 37.0 Å². The maximum atomic E-state index is 4.35. The third-order valence-corrected chi connectivity index (χ3v) is 4.08. The lowest BCUT2D eigenvalue weighted by atomic mass is 10.0. The average Bonchev–Trinajstić information content (AvgIpc) is 3.32. The standard InChI is InChI=1S/C15H18N6/c1-2-12(1)13-3-4-15(20-19-13)21-9-11(10-21)7-18-14-8-16-5-6-17-14/h3-6,8,11-12H,1-2,7,9-10H2,(H,17,18). The van der Waals surface area contributed by atoms with Gasteiger partial charge < -0.3 is 10.2 Å². The monoisotopic (exact) mass is 282 g/mol. The number of hydrogen-bond acceptors (Lipinski definition) is 6. The molecule has 0 radical (unpaired) electrons. The van der Waals surface area contributed by atoms with E-state index in [2.05, 4.69) is 42.5 Å². The van der Waals surface area contributed by atoms with Crippen molar-refractivity contribution in [1.82, 2.24) is 20.2 Å². The van der Waals surface area contributed by atoms with Crippen LogP contribution in [-0.4, -0.2) is 39.8 Å². The van der Waals surface area contributed by atoms with Gasteiger partial charge in [0.1, 0.15) is 5.82 Å². The summed E-state index contributed by atoms with van der Waals surface area (Å²) in [6.07, 6.45) is 7.67. The van der Waals surface area contributed by atoms with Crippen LogP contribution in [0.15, 0.2) is 30.7 Å². The van der Waals surface area contributed by atoms with Crippen LogP contribution in [-0.2, 0) is 0 Å². The first-order valence-electron chi connectivity index (χ1n) is 7.47. The first-order chi connectivity index (χ1) is 10.4. The molecule has 1 N–H and O–H groups in total. The van der Waals surface area contributed by atoms with Crippen molar-refractivity contribution in [3.63, 3.8) is 0 Å². The van der Waals surface area contributed by atoms with Crippen LogP contribution in [0.4, 0.5) is 11.6 Å². The largest absolute Gasteiger partial charge is 0.368 e. The molecule has 0 bridgehead atoms. The Morgan fingerprint density at radius 3 is 2.71 bits per heavy atom. The first-order valence-corrected chi connectivity index (χ1v) is 7.47. The van der Waals surface area contributed by atoms with Crippen molar-refractivity contribution in [2.24, 2.45) is 5.92 Å². The Hall–Kier alpha value is -2.24. The van der Waals surface area contributed by atoms with Crippen LogP contribution in [0.3, 0.4) is 0 Å². The number of anilines is 2. The molecule has 6 nitrogen and oxygen atoms in total. The molecule has 1 saturated heterocycles. The molecule has 3 heterocycles. The summed E-state index contributed by atoms with van der Waals surface area (Å²) in [5, 5.41) is 12.0. The lowest BCUT2D eigenvalue weighted by molar-refractivity contribution is 0.425. The molecule has 0 spiro atoms. The van der Waals surface area contributed by atoms with E-state index in [1.807, 2.05) is 0 Å². The Labute approximate surface area is 123 Å². The highest BCUT2D eigenvalue weighted by atomic mass is 15.3. The maximum Gasteiger partial charge on any atom is 0.151 e. The third-order valence-electron chi connectivity index (χ3n) is 4.08. The van der Waals surface area contributed by atoms with Crippen LogP contribution < -0.4 is 10.2 Å². The molecule has 108 valence electrons. The lowest BCUT2D eigenvalue weighted by Crippen LogP contribution is -2.50. The zero-order valence-electron chi connectivity index (χ0n) is 11.8. The van der Waals surface area contributed by atoms with E-state index in [4.69, 9.17) is 0 Å². The second-order valence-electron chi connectivity index (χ2n) is 5.83. The minimum Gasteiger partial charge on any atom is -0.368 e. The molecule has 2 fully saturated rings. The highest BCUT2D eigenvalue weighted by Crippen LogP contribution is 2.38. The lowest BCUT2D eigenvalue weighted by Gasteiger charge is -2.40. The predicted octanol–water partition coefficient (Wildman–Crippen LogP) is 1.69. The molecule has 4 rings (SSSR count). The van der Waals surface area contributed by atoms with Crippen molar-refractivity contribution in [3.8, 4) is 0 Å². The summed E-state index contributed by atoms with van der Waals surface area (Å²) in [5.74, 6) is 3.13. The van der Waals surface area contributed by atoms with Gasteiger partial charge in [0.2, 0.25) is 0 Å². The second kappa shape index (κ2) is 5.27. The van der Waals surface area contributed by atoms with Crippen LogP contribution in [0.1, 0.15) is 24.5 Å². The Balaban J connectivity index is 1.26. The van der Waals surface area contributed by atoms with E-state index in [-0.39, 0.29) is 0 Å². The van der Waals surface area contributed by atoms with Gasteiger partial charge in [-0.15, -0.1) is 5.10 Å². The predicted molar refractivity (Wildman–Crippen MR) is 80.2 cm³/mol. The van der Waals surface area contributed by atoms with Crippen LogP contribution in [0.2, 0.25) is 0 Å². The van der Waals surface area contributed by atoms with Gasteiger partial charge in [0.15, 0.2) is 5.82 Å². The van der Waals surface area contributed by atoms with Crippen LogP contribution in [0.25, 0.3) is 0 Å². The van der Waals surface area contributed by atoms with E-state index in [1.54, 1.807) is 18.6 Å². The normalized spacial score (nSPS) is 18.4. The maximum absolute atomic E-state index is 4.35. The zero-order valence-corrected chi connectivity index (χ0v) is 11.8. The van der Waals surface area contributed by atoms with Crippen LogP contribution >= 0.6 is 0 Å². The Morgan fingerprint density at radius 2 is 2.05 bits per heavy atom. The van der Waals surface area contributed by atoms with Crippen molar-refractivity contribution in [3.05, 3.63) is 36.4 Å². The molecule has 2 aromatic heterocycles. The van der Waals surface area contributed by atoms with Gasteiger partial charge in [-0.25, -0.2) is 4.98 Å². The number of rotatable bonds is 5. The summed E-state index contributed by atoms with van der Waals surface area (Å²) < 4.78 is 0. The summed E-state index contributed by atoms with van der Waals surface area (Å²) in [6, 6.07) is 4.23. The highest BCUT2D eigenvalue weighted by Gasteiger charge is 2.29. The van der Waals surface area contributed by atoms with Gasteiger partial charge in [0.25, 0.3) is 0 Å². The zero-order chi connectivity index (χ0) is 14.1. The first kappa shape index (κ1) is 12.5. The Bertz CT molecular complexity index is 589. The molecule has 0 atom stereocenters. The highest BCUT2D eigenvalue weighted by molar-refractivity contribution is 5.42. The van der Waals surface area contributed by atoms with Crippen molar-refractivity contribution in [1.29, 1.82) is 0 Å². The van der Waals surface area contributed by atoms with Crippen molar-refractivity contribution < 1.29 is 0 Å². The van der Waals surface area contributed by atoms with Crippen molar-refractivity contribution in [2.75, 3.05) is 29.9 Å². The Kier molecular flexibility index (Phi) is 3.14. The molecule has 0 amide bonds. The minimum absolute atomic E-state index is 0.622. The molecular weight excluding hydrogens is 264 g/mol. The van der Waals surface area contributed by atoms with Crippen LogP contribution in [0.5, 0.6) is 0 Å². The van der Waals surface area contributed by atoms with E-state index >= 15 is 0 Å². The van der Waals surface area contributed by atoms with Gasteiger partial charge in [-0.05, 0) is 25.0 Å². The van der Waals surface area contributed by atoms with Crippen molar-refractivity contribution >= 4 is 11.6 Å². The van der Waals surface area contributed by atoms with E-state index in [0.29, 0.717) is 11.8 Å². The van der Waals surface area contributed by atoms with E-state index in [1.165, 1.54) is 12.8 Å². The quantitative estimate of drug-likeness (QED) is 0.900. The number of nitrogens with zero attached hydrogens (tertiary/aromatic N) is 5. The SMILES string of the molecule is c1cnc(NCC2CN(c3ccc(C4CC4)nn3)C2)cn1. The molecule has 6 heteroatoms. The number of aromatic nitrogens is 4. The fraction of sp³-hybridized carbons (Fsp3) is 0.467. The fourth-order valence-corrected chi connectivity index (χ4v) is 2.63. The summed E-state index contributed by atoms with van der Waals surface area (Å²) in [7, 11) is 0. The molecular formula is C15H18N6. The minimum atomic E-state index is 0.622. The summed E-state index contributed by atoms with van der Waals surface area (Å²) >= 11 is 0. The summed E-state index contributed by atoms with van der Waals surface area (Å²) in [4.78, 5) is 10.5. The van der Waals surface area contributed by atoms with Crippen molar-refractivity contribution in [2.45, 2.75) is 18.8 Å². The third kappa shape index (κ3) is 2.79. The average molecular weight is 282 g/mol. The summed E-state index contributed by atoms with van der Waals surface area (Å²) in [5.41, 5.74) is 1.15. The summed E-state index contributed by atoms with van der Waals surface area (Å²) in [6.45, 7) is 2.96. The van der Waals surface area contributed by atoms with Gasteiger partial charge in [0, 0.05) is 43.9 Å². The number of nitrogens with one attached hydrogen (secondary N) is 1. The molecule has 1 aliphatic carbocycles. The molecule has 2 aliphatic rings. The van der Waals surface area contributed by atoms with Crippen LogP contribution in [0, 0.1) is 5.92 Å².